The molecule has 4 nitrogen and oxygen atoms in total. The topological polar surface area (TPSA) is 58.9 Å². The van der Waals surface area contributed by atoms with E-state index in [0.717, 1.165) is 12.8 Å². The Labute approximate surface area is 78.5 Å². The third kappa shape index (κ3) is 3.23. The van der Waals surface area contributed by atoms with Crippen LogP contribution >= 0.6 is 0 Å². The minimum Gasteiger partial charge on any atom is -0.394 e. The van der Waals surface area contributed by atoms with Crippen molar-refractivity contribution in [3.05, 3.63) is 0 Å². The first-order valence-electron chi connectivity index (χ1n) is 4.65. The molecule has 2 unspecified atom stereocenters. The average molecular weight is 190 g/mol. The van der Waals surface area contributed by atoms with Gasteiger partial charge in [0.15, 0.2) is 5.79 Å². The summed E-state index contributed by atoms with van der Waals surface area (Å²) < 4.78 is 11.0. The van der Waals surface area contributed by atoms with Crippen molar-refractivity contribution in [2.24, 2.45) is 0 Å². The van der Waals surface area contributed by atoms with Gasteiger partial charge in [-0.15, -0.1) is 0 Å². The van der Waals surface area contributed by atoms with E-state index in [-0.39, 0.29) is 25.4 Å². The predicted molar refractivity (Wildman–Crippen MR) is 47.2 cm³/mol. The Morgan fingerprint density at radius 2 is 1.46 bits per heavy atom. The molecule has 1 heterocycles. The monoisotopic (exact) mass is 190 g/mol. The van der Waals surface area contributed by atoms with Crippen molar-refractivity contribution in [1.29, 1.82) is 0 Å². The zero-order valence-corrected chi connectivity index (χ0v) is 8.19. The standard InChI is InChI=1S/C9H18O4/c1-9(2)12-7(5-10)3-4-8(6-11)13-9/h7-8,10-11H,3-6H2,1-2H3. The Morgan fingerprint density at radius 1 is 1.08 bits per heavy atom. The first-order valence-corrected chi connectivity index (χ1v) is 4.65. The molecular weight excluding hydrogens is 172 g/mol. The summed E-state index contributed by atoms with van der Waals surface area (Å²) >= 11 is 0. The van der Waals surface area contributed by atoms with E-state index in [2.05, 4.69) is 0 Å². The van der Waals surface area contributed by atoms with Crippen molar-refractivity contribution in [3.63, 3.8) is 0 Å². The van der Waals surface area contributed by atoms with Gasteiger partial charge in [0.05, 0.1) is 25.4 Å². The minimum atomic E-state index is -0.711. The lowest BCUT2D eigenvalue weighted by atomic mass is 10.1. The summed E-state index contributed by atoms with van der Waals surface area (Å²) in [4.78, 5) is 0. The maximum absolute atomic E-state index is 8.96. The molecule has 1 aliphatic rings. The van der Waals surface area contributed by atoms with Crippen LogP contribution in [0.3, 0.4) is 0 Å². The van der Waals surface area contributed by atoms with Crippen molar-refractivity contribution >= 4 is 0 Å². The molecule has 2 N–H and O–H groups in total. The van der Waals surface area contributed by atoms with Gasteiger partial charge in [-0.05, 0) is 26.7 Å². The molecule has 1 fully saturated rings. The molecule has 0 amide bonds. The fourth-order valence-corrected chi connectivity index (χ4v) is 1.58. The van der Waals surface area contributed by atoms with Crippen LogP contribution in [0.15, 0.2) is 0 Å². The lowest BCUT2D eigenvalue weighted by Gasteiger charge is -2.28. The largest absolute Gasteiger partial charge is 0.394 e. The van der Waals surface area contributed by atoms with Gasteiger partial charge in [0.2, 0.25) is 0 Å². The summed E-state index contributed by atoms with van der Waals surface area (Å²) in [6.07, 6.45) is 1.11. The molecule has 1 saturated heterocycles. The fourth-order valence-electron chi connectivity index (χ4n) is 1.58. The van der Waals surface area contributed by atoms with E-state index < -0.39 is 5.79 Å². The molecule has 0 aliphatic carbocycles. The van der Waals surface area contributed by atoms with Crippen LogP contribution in [0.25, 0.3) is 0 Å². The molecule has 4 heteroatoms. The Hall–Kier alpha value is -0.160. The van der Waals surface area contributed by atoms with Gasteiger partial charge in [0.25, 0.3) is 0 Å². The number of hydrogen-bond donors (Lipinski definition) is 2. The van der Waals surface area contributed by atoms with Crippen molar-refractivity contribution in [2.45, 2.75) is 44.7 Å². The van der Waals surface area contributed by atoms with Crippen molar-refractivity contribution in [1.82, 2.24) is 0 Å². The highest BCUT2D eigenvalue weighted by Crippen LogP contribution is 2.25. The van der Waals surface area contributed by atoms with Gasteiger partial charge in [-0.2, -0.15) is 0 Å². The van der Waals surface area contributed by atoms with Gasteiger partial charge in [0, 0.05) is 0 Å². The summed E-state index contributed by atoms with van der Waals surface area (Å²) in [5.41, 5.74) is 0. The van der Waals surface area contributed by atoms with Crippen molar-refractivity contribution < 1.29 is 19.7 Å². The summed E-state index contributed by atoms with van der Waals surface area (Å²) in [5, 5.41) is 17.9. The van der Waals surface area contributed by atoms with E-state index in [0.29, 0.717) is 0 Å². The van der Waals surface area contributed by atoms with Gasteiger partial charge in [-0.25, -0.2) is 0 Å². The molecule has 0 bridgehead atoms. The average Bonchev–Trinajstić information content (AvgIpc) is 2.23. The van der Waals surface area contributed by atoms with E-state index in [9.17, 15) is 0 Å². The Morgan fingerprint density at radius 3 is 1.77 bits per heavy atom. The van der Waals surface area contributed by atoms with Gasteiger partial charge in [-0.1, -0.05) is 0 Å². The van der Waals surface area contributed by atoms with E-state index in [1.165, 1.54) is 0 Å². The SMILES string of the molecule is CC1(C)OC(CO)CCC(CO)O1. The fraction of sp³-hybridized carbons (Fsp3) is 1.00. The summed E-state index contributed by atoms with van der Waals surface area (Å²) in [7, 11) is 0. The lowest BCUT2D eigenvalue weighted by Crippen LogP contribution is -2.35. The van der Waals surface area contributed by atoms with Gasteiger partial charge in [0.1, 0.15) is 0 Å². The molecule has 0 aromatic heterocycles. The normalized spacial score (nSPS) is 34.2. The highest BCUT2D eigenvalue weighted by Gasteiger charge is 2.31. The van der Waals surface area contributed by atoms with Gasteiger partial charge in [-0.3, -0.25) is 0 Å². The molecule has 1 rings (SSSR count). The maximum Gasteiger partial charge on any atom is 0.163 e. The Kier molecular flexibility index (Phi) is 3.67. The Balaban J connectivity index is 2.57. The molecular formula is C9H18O4. The van der Waals surface area contributed by atoms with Crippen molar-refractivity contribution in [2.75, 3.05) is 13.2 Å². The van der Waals surface area contributed by atoms with E-state index in [1.807, 2.05) is 0 Å². The molecule has 78 valence electrons. The predicted octanol–water partition coefficient (Wildman–Crippen LogP) is 0.271. The van der Waals surface area contributed by atoms with E-state index in [4.69, 9.17) is 19.7 Å². The molecule has 0 aromatic carbocycles. The molecule has 0 spiro atoms. The molecule has 0 aromatic rings. The second-order valence-electron chi connectivity index (χ2n) is 3.82. The molecule has 0 saturated carbocycles. The maximum atomic E-state index is 8.96. The van der Waals surface area contributed by atoms with Crippen LogP contribution in [0, 0.1) is 0 Å². The van der Waals surface area contributed by atoms with Crippen LogP contribution in [-0.4, -0.2) is 41.4 Å². The third-order valence-corrected chi connectivity index (χ3v) is 2.12. The van der Waals surface area contributed by atoms with Crippen LogP contribution in [0.1, 0.15) is 26.7 Å². The number of hydrogen-bond acceptors (Lipinski definition) is 4. The highest BCUT2D eigenvalue weighted by atomic mass is 16.7. The second-order valence-corrected chi connectivity index (χ2v) is 3.82. The van der Waals surface area contributed by atoms with Crippen LogP contribution in [-0.2, 0) is 9.47 Å². The van der Waals surface area contributed by atoms with Crippen molar-refractivity contribution in [3.8, 4) is 0 Å². The first-order chi connectivity index (χ1) is 6.07. The van der Waals surface area contributed by atoms with Crippen LogP contribution < -0.4 is 0 Å². The van der Waals surface area contributed by atoms with E-state index in [1.54, 1.807) is 13.8 Å². The molecule has 0 radical (unpaired) electrons. The van der Waals surface area contributed by atoms with E-state index >= 15 is 0 Å². The quantitative estimate of drug-likeness (QED) is 0.656. The van der Waals surface area contributed by atoms with Gasteiger partial charge < -0.3 is 19.7 Å². The molecule has 2 atom stereocenters. The van der Waals surface area contributed by atoms with Crippen LogP contribution in [0.4, 0.5) is 0 Å². The van der Waals surface area contributed by atoms with Crippen LogP contribution in [0.2, 0.25) is 0 Å². The number of aliphatic hydroxyl groups is 2. The summed E-state index contributed by atoms with van der Waals surface area (Å²) in [6.45, 7) is 3.60. The second kappa shape index (κ2) is 4.37. The minimum absolute atomic E-state index is 0.00490. The number of ether oxygens (including phenoxy) is 2. The highest BCUT2D eigenvalue weighted by molar-refractivity contribution is 4.72. The number of rotatable bonds is 2. The summed E-state index contributed by atoms with van der Waals surface area (Å²) in [6, 6.07) is 0. The third-order valence-electron chi connectivity index (χ3n) is 2.12. The number of aliphatic hydroxyl groups excluding tert-OH is 2. The Bertz CT molecular complexity index is 142. The summed E-state index contributed by atoms with van der Waals surface area (Å²) in [5.74, 6) is -0.711. The first kappa shape index (κ1) is 10.9. The van der Waals surface area contributed by atoms with Gasteiger partial charge >= 0.3 is 0 Å². The zero-order chi connectivity index (χ0) is 9.90. The smallest absolute Gasteiger partial charge is 0.163 e. The molecule has 13 heavy (non-hydrogen) atoms. The molecule has 1 aliphatic heterocycles. The lowest BCUT2D eigenvalue weighted by molar-refractivity contribution is -0.249. The zero-order valence-electron chi connectivity index (χ0n) is 8.19. The van der Waals surface area contributed by atoms with Crippen LogP contribution in [0.5, 0.6) is 0 Å².